The molecule has 7 nitrogen and oxygen atoms in total. The topological polar surface area (TPSA) is 91.2 Å². The van der Waals surface area contributed by atoms with Crippen LogP contribution in [-0.4, -0.2) is 38.8 Å². The second kappa shape index (κ2) is 6.84. The second-order valence-electron chi connectivity index (χ2n) is 6.18. The zero-order valence-electron chi connectivity index (χ0n) is 13.8. The van der Waals surface area contributed by atoms with E-state index in [-0.39, 0.29) is 11.7 Å². The fraction of sp³-hybridized carbons (Fsp3) is 0.471. The molecule has 2 heterocycles. The summed E-state index contributed by atoms with van der Waals surface area (Å²) in [7, 11) is -3.26. The molecular weight excluding hydrogens is 340 g/mol. The monoisotopic (exact) mass is 360 g/mol. The van der Waals surface area contributed by atoms with Gasteiger partial charge in [0.25, 0.3) is 5.91 Å². The highest BCUT2D eigenvalue weighted by Gasteiger charge is 2.38. The highest BCUT2D eigenvalue weighted by molar-refractivity contribution is 7.93. The van der Waals surface area contributed by atoms with Crippen LogP contribution in [0.4, 0.5) is 5.69 Å². The molecule has 1 fully saturated rings. The molecule has 2 aliphatic heterocycles. The molecule has 3 rings (SSSR count). The molecule has 0 saturated carbocycles. The van der Waals surface area contributed by atoms with Gasteiger partial charge in [0.15, 0.2) is 5.66 Å². The third-order valence-electron chi connectivity index (χ3n) is 4.36. The SMILES string of the molecule is C#CCCC1(CCNC(=O)c2cccc(N3CCCS3(=O)=O)c2)N=N1. The number of nitrogens with zero attached hydrogens (tertiary/aromatic N) is 3. The van der Waals surface area contributed by atoms with Crippen LogP contribution in [0.15, 0.2) is 34.5 Å². The maximum atomic E-state index is 12.3. The van der Waals surface area contributed by atoms with Crippen molar-refractivity contribution in [2.24, 2.45) is 10.2 Å². The Morgan fingerprint density at radius 2 is 2.16 bits per heavy atom. The Morgan fingerprint density at radius 1 is 1.36 bits per heavy atom. The van der Waals surface area contributed by atoms with Crippen molar-refractivity contribution in [3.8, 4) is 12.3 Å². The number of nitrogens with one attached hydrogen (secondary N) is 1. The highest BCUT2D eigenvalue weighted by Crippen LogP contribution is 2.36. The summed E-state index contributed by atoms with van der Waals surface area (Å²) < 4.78 is 25.4. The standard InChI is InChI=1S/C17H20N4O3S/c1-2-3-8-17(19-20-17)9-10-18-16(22)14-6-4-7-15(13-14)21-11-5-12-25(21,23)24/h1,4,6-7,13H,3,5,8-12H2,(H,18,22). The molecule has 0 spiro atoms. The summed E-state index contributed by atoms with van der Waals surface area (Å²) in [5.41, 5.74) is 0.537. The first kappa shape index (κ1) is 17.4. The van der Waals surface area contributed by atoms with E-state index in [9.17, 15) is 13.2 Å². The number of sulfonamides is 1. The van der Waals surface area contributed by atoms with Gasteiger partial charge < -0.3 is 5.32 Å². The maximum absolute atomic E-state index is 12.3. The van der Waals surface area contributed by atoms with Gasteiger partial charge in [0.1, 0.15) is 0 Å². The van der Waals surface area contributed by atoms with Gasteiger partial charge in [-0.15, -0.1) is 12.3 Å². The number of carbonyl (C=O) groups excluding carboxylic acids is 1. The van der Waals surface area contributed by atoms with Crippen molar-refractivity contribution in [2.45, 2.75) is 31.3 Å². The molecule has 8 heteroatoms. The molecule has 0 unspecified atom stereocenters. The van der Waals surface area contributed by atoms with Crippen LogP contribution in [-0.2, 0) is 10.0 Å². The molecule has 1 aromatic carbocycles. The molecule has 1 N–H and O–H groups in total. The minimum Gasteiger partial charge on any atom is -0.352 e. The number of benzene rings is 1. The summed E-state index contributed by atoms with van der Waals surface area (Å²) in [6.07, 6.45) is 7.77. The van der Waals surface area contributed by atoms with Gasteiger partial charge in [0.2, 0.25) is 10.0 Å². The first-order valence-corrected chi connectivity index (χ1v) is 9.83. The minimum absolute atomic E-state index is 0.149. The van der Waals surface area contributed by atoms with Crippen LogP contribution in [0, 0.1) is 12.3 Å². The summed E-state index contributed by atoms with van der Waals surface area (Å²) in [5, 5.41) is 10.9. The molecule has 0 radical (unpaired) electrons. The van der Waals surface area contributed by atoms with Crippen molar-refractivity contribution in [1.29, 1.82) is 0 Å². The van der Waals surface area contributed by atoms with Crippen molar-refractivity contribution < 1.29 is 13.2 Å². The Labute approximate surface area is 147 Å². The van der Waals surface area contributed by atoms with Gasteiger partial charge in [-0.05, 0) is 24.6 Å². The van der Waals surface area contributed by atoms with E-state index >= 15 is 0 Å². The van der Waals surface area contributed by atoms with E-state index in [2.05, 4.69) is 21.5 Å². The van der Waals surface area contributed by atoms with E-state index in [0.29, 0.717) is 50.0 Å². The lowest BCUT2D eigenvalue weighted by Crippen LogP contribution is -2.29. The average molecular weight is 360 g/mol. The number of carbonyl (C=O) groups is 1. The second-order valence-corrected chi connectivity index (χ2v) is 8.20. The number of terminal acetylenes is 1. The van der Waals surface area contributed by atoms with Crippen LogP contribution in [0.2, 0.25) is 0 Å². The van der Waals surface area contributed by atoms with Gasteiger partial charge in [-0.1, -0.05) is 6.07 Å². The van der Waals surface area contributed by atoms with E-state index in [4.69, 9.17) is 6.42 Å². The lowest BCUT2D eigenvalue weighted by Gasteiger charge is -2.17. The smallest absolute Gasteiger partial charge is 0.251 e. The number of amides is 1. The third-order valence-corrected chi connectivity index (χ3v) is 6.23. The first-order valence-electron chi connectivity index (χ1n) is 8.22. The predicted octanol–water partition coefficient (Wildman–Crippen LogP) is 1.92. The fourth-order valence-electron chi connectivity index (χ4n) is 2.88. The molecule has 1 saturated heterocycles. The Morgan fingerprint density at radius 3 is 2.80 bits per heavy atom. The van der Waals surface area contributed by atoms with E-state index < -0.39 is 15.7 Å². The lowest BCUT2D eigenvalue weighted by atomic mass is 10.0. The number of rotatable bonds is 7. The molecule has 132 valence electrons. The molecule has 0 atom stereocenters. The Balaban J connectivity index is 1.58. The summed E-state index contributed by atoms with van der Waals surface area (Å²) in [6.45, 7) is 0.886. The normalized spacial score (nSPS) is 19.4. The van der Waals surface area contributed by atoms with E-state index in [1.165, 1.54) is 4.31 Å². The van der Waals surface area contributed by atoms with Crippen LogP contribution in [0.3, 0.4) is 0 Å². The predicted molar refractivity (Wildman–Crippen MR) is 94.8 cm³/mol. The highest BCUT2D eigenvalue weighted by atomic mass is 32.2. The van der Waals surface area contributed by atoms with Crippen molar-refractivity contribution >= 4 is 21.6 Å². The molecule has 0 aromatic heterocycles. The lowest BCUT2D eigenvalue weighted by molar-refractivity contribution is 0.0952. The third kappa shape index (κ3) is 3.99. The molecule has 2 aliphatic rings. The molecule has 1 amide bonds. The molecule has 1 aromatic rings. The largest absolute Gasteiger partial charge is 0.352 e. The van der Waals surface area contributed by atoms with E-state index in [1.807, 2.05) is 0 Å². The van der Waals surface area contributed by atoms with Gasteiger partial charge in [-0.25, -0.2) is 8.42 Å². The minimum atomic E-state index is -3.26. The fourth-order valence-corrected chi connectivity index (χ4v) is 4.43. The first-order chi connectivity index (χ1) is 12.0. The van der Waals surface area contributed by atoms with Crippen LogP contribution < -0.4 is 9.62 Å². The van der Waals surface area contributed by atoms with Crippen molar-refractivity contribution in [1.82, 2.24) is 5.32 Å². The number of hydrogen-bond acceptors (Lipinski definition) is 5. The van der Waals surface area contributed by atoms with Gasteiger partial charge in [0, 0.05) is 37.9 Å². The summed E-state index contributed by atoms with van der Waals surface area (Å²) in [5.74, 6) is 2.47. The Kier molecular flexibility index (Phi) is 4.77. The van der Waals surface area contributed by atoms with Gasteiger partial charge >= 0.3 is 0 Å². The van der Waals surface area contributed by atoms with Crippen LogP contribution in [0.1, 0.15) is 36.0 Å². The summed E-state index contributed by atoms with van der Waals surface area (Å²) in [6, 6.07) is 6.67. The van der Waals surface area contributed by atoms with Crippen LogP contribution in [0.5, 0.6) is 0 Å². The van der Waals surface area contributed by atoms with Gasteiger partial charge in [-0.3, -0.25) is 9.10 Å². The zero-order chi connectivity index (χ0) is 17.9. The Bertz CT molecular complexity index is 836. The van der Waals surface area contributed by atoms with Crippen LogP contribution >= 0.6 is 0 Å². The summed E-state index contributed by atoms with van der Waals surface area (Å²) >= 11 is 0. The summed E-state index contributed by atoms with van der Waals surface area (Å²) in [4.78, 5) is 12.3. The maximum Gasteiger partial charge on any atom is 0.251 e. The average Bonchev–Trinajstić information content (AvgIpc) is 3.27. The van der Waals surface area contributed by atoms with Crippen molar-refractivity contribution in [3.63, 3.8) is 0 Å². The molecule has 0 aliphatic carbocycles. The molecule has 0 bridgehead atoms. The van der Waals surface area contributed by atoms with E-state index in [0.717, 1.165) is 0 Å². The van der Waals surface area contributed by atoms with Crippen molar-refractivity contribution in [3.05, 3.63) is 29.8 Å². The molecule has 25 heavy (non-hydrogen) atoms. The molecular formula is C17H20N4O3S. The van der Waals surface area contributed by atoms with Crippen molar-refractivity contribution in [2.75, 3.05) is 23.1 Å². The van der Waals surface area contributed by atoms with Gasteiger partial charge in [-0.2, -0.15) is 10.2 Å². The zero-order valence-corrected chi connectivity index (χ0v) is 14.6. The number of hydrogen-bond donors (Lipinski definition) is 1. The number of anilines is 1. The van der Waals surface area contributed by atoms with Gasteiger partial charge in [0.05, 0.1) is 11.4 Å². The van der Waals surface area contributed by atoms with Crippen LogP contribution in [0.25, 0.3) is 0 Å². The van der Waals surface area contributed by atoms with E-state index in [1.54, 1.807) is 24.3 Å². The quantitative estimate of drug-likeness (QED) is 0.753. The Hall–Kier alpha value is -2.40.